The third-order valence-electron chi connectivity index (χ3n) is 6.65. The number of ether oxygens (including phenoxy) is 1. The highest BCUT2D eigenvalue weighted by atomic mass is 79.9. The molecule has 150 valence electrons. The smallest absolute Gasteiger partial charge is 0.256 e. The SMILES string of the molecule is COc1ccc(Br)cc1[C@@H]1[C@@H]2CCCN2[C@]2(C(=O)Nc3ccccc32)[C@@H]1[N+](=O)[O-]. The van der Waals surface area contributed by atoms with Gasteiger partial charge in [0.05, 0.1) is 13.0 Å². The quantitative estimate of drug-likeness (QED) is 0.562. The zero-order valence-electron chi connectivity index (χ0n) is 15.8. The maximum Gasteiger partial charge on any atom is 0.256 e. The molecule has 7 nitrogen and oxygen atoms in total. The Bertz CT molecular complexity index is 1030. The van der Waals surface area contributed by atoms with Gasteiger partial charge in [0.25, 0.3) is 11.9 Å². The van der Waals surface area contributed by atoms with E-state index in [0.717, 1.165) is 22.9 Å². The molecule has 0 saturated carbocycles. The van der Waals surface area contributed by atoms with E-state index in [1.165, 1.54) is 0 Å². The van der Waals surface area contributed by atoms with Crippen LogP contribution in [0, 0.1) is 10.1 Å². The van der Waals surface area contributed by atoms with Crippen molar-refractivity contribution in [1.82, 2.24) is 4.90 Å². The molecule has 2 fully saturated rings. The molecule has 2 saturated heterocycles. The maximum absolute atomic E-state index is 13.4. The highest BCUT2D eigenvalue weighted by molar-refractivity contribution is 9.10. The number of fused-ring (bicyclic) bond motifs is 4. The van der Waals surface area contributed by atoms with E-state index in [2.05, 4.69) is 26.1 Å². The predicted molar refractivity (Wildman–Crippen MR) is 111 cm³/mol. The molecule has 4 atom stereocenters. The number of hydrogen-bond donors (Lipinski definition) is 1. The summed E-state index contributed by atoms with van der Waals surface area (Å²) in [5.41, 5.74) is 0.834. The Balaban J connectivity index is 1.78. The summed E-state index contributed by atoms with van der Waals surface area (Å²) >= 11 is 3.50. The van der Waals surface area contributed by atoms with Crippen LogP contribution in [0.5, 0.6) is 5.75 Å². The first kappa shape index (κ1) is 18.6. The Hall–Kier alpha value is -2.45. The fraction of sp³-hybridized carbons (Fsp3) is 0.381. The van der Waals surface area contributed by atoms with Gasteiger partial charge in [-0.1, -0.05) is 34.1 Å². The van der Waals surface area contributed by atoms with Crippen LogP contribution in [-0.4, -0.2) is 41.5 Å². The highest BCUT2D eigenvalue weighted by Gasteiger charge is 2.73. The molecule has 3 aliphatic heterocycles. The van der Waals surface area contributed by atoms with Gasteiger partial charge in [0.1, 0.15) is 5.75 Å². The van der Waals surface area contributed by atoms with E-state index in [0.29, 0.717) is 23.5 Å². The summed E-state index contributed by atoms with van der Waals surface area (Å²) in [6.07, 6.45) is 1.71. The zero-order chi connectivity index (χ0) is 20.3. The zero-order valence-corrected chi connectivity index (χ0v) is 17.4. The molecule has 0 radical (unpaired) electrons. The van der Waals surface area contributed by atoms with E-state index in [-0.39, 0.29) is 16.9 Å². The van der Waals surface area contributed by atoms with Crippen molar-refractivity contribution in [3.05, 3.63) is 68.2 Å². The molecule has 3 aliphatic rings. The number of halogens is 1. The number of nitrogens with one attached hydrogen (secondary N) is 1. The summed E-state index contributed by atoms with van der Waals surface area (Å²) in [6.45, 7) is 0.656. The van der Waals surface area contributed by atoms with Gasteiger partial charge in [-0.3, -0.25) is 19.8 Å². The van der Waals surface area contributed by atoms with Crippen LogP contribution >= 0.6 is 15.9 Å². The molecule has 0 aliphatic carbocycles. The normalized spacial score (nSPS) is 30.3. The molecule has 0 bridgehead atoms. The lowest BCUT2D eigenvalue weighted by atomic mass is 9.77. The summed E-state index contributed by atoms with van der Waals surface area (Å²) in [5.74, 6) is -0.152. The minimum atomic E-state index is -1.31. The second-order valence-electron chi connectivity index (χ2n) is 7.81. The maximum atomic E-state index is 13.4. The molecule has 1 amide bonds. The third kappa shape index (κ3) is 2.36. The third-order valence-corrected chi connectivity index (χ3v) is 7.14. The molecule has 1 N–H and O–H groups in total. The van der Waals surface area contributed by atoms with E-state index >= 15 is 0 Å². The fourth-order valence-electron chi connectivity index (χ4n) is 5.71. The van der Waals surface area contributed by atoms with Gasteiger partial charge in [-0.2, -0.15) is 0 Å². The van der Waals surface area contributed by atoms with Crippen LogP contribution in [-0.2, 0) is 10.3 Å². The van der Waals surface area contributed by atoms with Crippen LogP contribution in [0.1, 0.15) is 29.9 Å². The average molecular weight is 458 g/mol. The minimum Gasteiger partial charge on any atom is -0.496 e. The van der Waals surface area contributed by atoms with Gasteiger partial charge < -0.3 is 10.1 Å². The number of anilines is 1. The van der Waals surface area contributed by atoms with Crippen LogP contribution in [0.2, 0.25) is 0 Å². The number of nitrogens with zero attached hydrogens (tertiary/aromatic N) is 2. The number of para-hydroxylation sites is 1. The number of nitro groups is 1. The van der Waals surface area contributed by atoms with Gasteiger partial charge in [0, 0.05) is 38.8 Å². The second kappa shape index (κ2) is 6.53. The van der Waals surface area contributed by atoms with E-state index in [1.54, 1.807) is 7.11 Å². The number of carbonyl (C=O) groups is 1. The fourth-order valence-corrected chi connectivity index (χ4v) is 6.09. The predicted octanol–water partition coefficient (Wildman–Crippen LogP) is 3.51. The number of rotatable bonds is 3. The van der Waals surface area contributed by atoms with Crippen LogP contribution in [0.25, 0.3) is 0 Å². The number of benzene rings is 2. The van der Waals surface area contributed by atoms with Crippen molar-refractivity contribution < 1.29 is 14.5 Å². The first-order valence-electron chi connectivity index (χ1n) is 9.64. The van der Waals surface area contributed by atoms with Crippen molar-refractivity contribution in [3.8, 4) is 5.75 Å². The molecule has 29 heavy (non-hydrogen) atoms. The van der Waals surface area contributed by atoms with E-state index in [1.807, 2.05) is 42.5 Å². The van der Waals surface area contributed by atoms with Gasteiger partial charge in [0.2, 0.25) is 0 Å². The second-order valence-corrected chi connectivity index (χ2v) is 8.73. The first-order chi connectivity index (χ1) is 14.0. The topological polar surface area (TPSA) is 84.7 Å². The van der Waals surface area contributed by atoms with Crippen molar-refractivity contribution in [3.63, 3.8) is 0 Å². The van der Waals surface area contributed by atoms with Gasteiger partial charge in [-0.15, -0.1) is 0 Å². The standard InChI is InChI=1S/C21H20BrN3O4/c1-29-17-9-8-12(22)11-13(17)18-16-7-4-10-24(16)21(19(18)25(27)28)14-5-2-3-6-15(14)23-20(21)26/h2-3,5-6,8-9,11,16,18-19H,4,7,10H2,1H3,(H,23,26)/t16-,18+,19+,21-/m0/s1. The van der Waals surface area contributed by atoms with Crippen molar-refractivity contribution in [2.45, 2.75) is 36.4 Å². The monoisotopic (exact) mass is 457 g/mol. The number of methoxy groups -OCH3 is 1. The largest absolute Gasteiger partial charge is 0.496 e. The molecule has 8 heteroatoms. The van der Waals surface area contributed by atoms with Gasteiger partial charge in [0.15, 0.2) is 5.54 Å². The van der Waals surface area contributed by atoms with Crippen LogP contribution in [0.3, 0.4) is 0 Å². The Morgan fingerprint density at radius 2 is 2.10 bits per heavy atom. The van der Waals surface area contributed by atoms with E-state index in [9.17, 15) is 14.9 Å². The number of carbonyl (C=O) groups excluding carboxylic acids is 1. The average Bonchev–Trinajstić information content (AvgIpc) is 3.35. The summed E-state index contributed by atoms with van der Waals surface area (Å²) in [5, 5.41) is 15.5. The van der Waals surface area contributed by atoms with Crippen molar-refractivity contribution in [2.75, 3.05) is 19.0 Å². The first-order valence-corrected chi connectivity index (χ1v) is 10.4. The molecule has 1 spiro atoms. The number of amides is 1. The van der Waals surface area contributed by atoms with Gasteiger partial charge in [-0.05, 0) is 37.1 Å². The lowest BCUT2D eigenvalue weighted by Gasteiger charge is -2.32. The van der Waals surface area contributed by atoms with Crippen molar-refractivity contribution in [2.24, 2.45) is 0 Å². The van der Waals surface area contributed by atoms with Crippen LogP contribution < -0.4 is 10.1 Å². The van der Waals surface area contributed by atoms with Crippen molar-refractivity contribution >= 4 is 27.5 Å². The molecule has 2 aromatic carbocycles. The molecule has 0 unspecified atom stereocenters. The van der Waals surface area contributed by atoms with Crippen LogP contribution in [0.4, 0.5) is 5.69 Å². The lowest BCUT2D eigenvalue weighted by molar-refractivity contribution is -0.534. The van der Waals surface area contributed by atoms with Crippen molar-refractivity contribution in [1.29, 1.82) is 0 Å². The van der Waals surface area contributed by atoms with Gasteiger partial charge >= 0.3 is 0 Å². The summed E-state index contributed by atoms with van der Waals surface area (Å²) in [7, 11) is 1.57. The molecular formula is C21H20BrN3O4. The Kier molecular flexibility index (Phi) is 4.18. The summed E-state index contributed by atoms with van der Waals surface area (Å²) in [4.78, 5) is 27.8. The molecule has 0 aromatic heterocycles. The molecule has 5 rings (SSSR count). The molecular weight excluding hydrogens is 438 g/mol. The van der Waals surface area contributed by atoms with E-state index in [4.69, 9.17) is 4.74 Å². The van der Waals surface area contributed by atoms with E-state index < -0.39 is 17.5 Å². The molecule has 2 aromatic rings. The highest BCUT2D eigenvalue weighted by Crippen LogP contribution is 2.59. The Labute approximate surface area is 176 Å². The minimum absolute atomic E-state index is 0.106. The number of hydrogen-bond acceptors (Lipinski definition) is 5. The Morgan fingerprint density at radius 3 is 2.86 bits per heavy atom. The summed E-state index contributed by atoms with van der Waals surface area (Å²) in [6, 6.07) is 11.7. The van der Waals surface area contributed by atoms with Crippen LogP contribution in [0.15, 0.2) is 46.9 Å². The molecule has 3 heterocycles. The Morgan fingerprint density at radius 1 is 1.31 bits per heavy atom. The van der Waals surface area contributed by atoms with Gasteiger partial charge in [-0.25, -0.2) is 0 Å². The lowest BCUT2D eigenvalue weighted by Crippen LogP contribution is -2.55. The summed E-state index contributed by atoms with van der Waals surface area (Å²) < 4.78 is 6.40.